The molecular weight excluding hydrogens is 340 g/mol. The van der Waals surface area contributed by atoms with Gasteiger partial charge in [-0.25, -0.2) is 0 Å². The van der Waals surface area contributed by atoms with Gasteiger partial charge < -0.3 is 5.32 Å². The lowest BCUT2D eigenvalue weighted by Crippen LogP contribution is -2.01. The number of halogens is 2. The van der Waals surface area contributed by atoms with Crippen molar-refractivity contribution in [2.45, 2.75) is 29.2 Å². The molecule has 0 aromatic carbocycles. The highest BCUT2D eigenvalue weighted by molar-refractivity contribution is 15.0. The maximum absolute atomic E-state index is 2.93. The molecular formula is C6H21I2N. The first-order chi connectivity index (χ1) is 2.91. The van der Waals surface area contributed by atoms with Gasteiger partial charge in [-0.1, -0.05) is 29.2 Å². The van der Waals surface area contributed by atoms with Gasteiger partial charge in [0.1, 0.15) is 0 Å². The number of rotatable bonds is 1. The maximum Gasteiger partial charge on any atom is 0 e. The zero-order valence-electron chi connectivity index (χ0n) is 3.96. The fraction of sp³-hybridized carbons (Fsp3) is 1.00. The minimum atomic E-state index is 0. The molecule has 0 radical (unpaired) electrons. The Bertz CT molecular complexity index is 13.0. The van der Waals surface area contributed by atoms with Crippen LogP contribution in [0.25, 0.3) is 0 Å². The minimum absolute atomic E-state index is 0. The van der Waals surface area contributed by atoms with Crippen LogP contribution in [0.3, 0.4) is 0 Å². The molecule has 0 atom stereocenters. The molecule has 0 heterocycles. The van der Waals surface area contributed by atoms with E-state index in [1.54, 1.807) is 0 Å². The molecule has 0 aliphatic carbocycles. The zero-order valence-corrected chi connectivity index (χ0v) is 8.28. The molecule has 1 nitrogen and oxygen atoms in total. The fourth-order valence-electron chi connectivity index (χ4n) is 0. The Morgan fingerprint density at radius 1 is 1.11 bits per heavy atom. The van der Waals surface area contributed by atoms with Crippen LogP contribution in [0, 0.1) is 0 Å². The van der Waals surface area contributed by atoms with E-state index < -0.39 is 0 Å². The number of hydrogen-bond acceptors (Lipinski definition) is 1. The third-order valence-corrected chi connectivity index (χ3v) is 0.354. The van der Waals surface area contributed by atoms with Crippen molar-refractivity contribution in [3.8, 4) is 0 Å². The van der Waals surface area contributed by atoms with Crippen molar-refractivity contribution < 1.29 is 0 Å². The summed E-state index contributed by atoms with van der Waals surface area (Å²) in [5.41, 5.74) is 0. The van der Waals surface area contributed by atoms with E-state index in [9.17, 15) is 0 Å². The second-order valence-electron chi connectivity index (χ2n) is 0.707. The molecule has 0 aromatic heterocycles. The molecule has 0 saturated carbocycles. The van der Waals surface area contributed by atoms with Gasteiger partial charge in [0.05, 0.1) is 0 Å². The maximum atomic E-state index is 2.93. The van der Waals surface area contributed by atoms with Gasteiger partial charge in [-0.3, -0.25) is 0 Å². The quantitative estimate of drug-likeness (QED) is 0.699. The van der Waals surface area contributed by atoms with Gasteiger partial charge in [0.15, 0.2) is 0 Å². The highest BCUT2D eigenvalue weighted by Crippen LogP contribution is 1.89. The summed E-state index contributed by atoms with van der Waals surface area (Å²) in [6, 6.07) is 0. The summed E-state index contributed by atoms with van der Waals surface area (Å²) < 4.78 is 0. The average molecular weight is 361 g/mol. The Kier molecular flexibility index (Phi) is 200. The van der Waals surface area contributed by atoms with E-state index in [4.69, 9.17) is 0 Å². The predicted molar refractivity (Wildman–Crippen MR) is 67.8 cm³/mol. The minimum Gasteiger partial charge on any atom is -0.320 e. The first-order valence-electron chi connectivity index (χ1n) is 1.70. The molecule has 0 aliphatic heterocycles. The Balaban J connectivity index is -0.00000000990. The van der Waals surface area contributed by atoms with E-state index in [1.165, 1.54) is 0 Å². The van der Waals surface area contributed by atoms with E-state index in [0.29, 0.717) is 0 Å². The van der Waals surface area contributed by atoms with Crippen LogP contribution in [-0.2, 0) is 0 Å². The highest BCUT2D eigenvalue weighted by Gasteiger charge is 1.50. The van der Waals surface area contributed by atoms with Crippen LogP contribution in [-0.4, -0.2) is 13.6 Å². The first kappa shape index (κ1) is 31.5. The van der Waals surface area contributed by atoms with Crippen LogP contribution in [0.2, 0.25) is 0 Å². The monoisotopic (exact) mass is 361 g/mol. The largest absolute Gasteiger partial charge is 0.320 e. The zero-order chi connectivity index (χ0) is 5.41. The Labute approximate surface area is 84.7 Å². The van der Waals surface area contributed by atoms with E-state index in [-0.39, 0.29) is 22.3 Å². The Morgan fingerprint density at radius 3 is 1.22 bits per heavy atom. The van der Waals surface area contributed by atoms with Crippen LogP contribution < -0.4 is 5.32 Å². The summed E-state index contributed by atoms with van der Waals surface area (Å²) in [7, 11) is 1.93. The molecule has 0 saturated heterocycles. The molecule has 3 heteroatoms. The van der Waals surface area contributed by atoms with Crippen molar-refractivity contribution in [1.82, 2.24) is 5.32 Å². The van der Waals surface area contributed by atoms with Crippen molar-refractivity contribution >= 4 is 37.2 Å². The van der Waals surface area contributed by atoms with Crippen molar-refractivity contribution in [2.75, 3.05) is 13.6 Å². The van der Waals surface area contributed by atoms with Crippen LogP contribution in [0.1, 0.15) is 29.2 Å². The predicted octanol–water partition coefficient (Wildman–Crippen LogP) is 3.91. The molecule has 0 rings (SSSR count). The smallest absolute Gasteiger partial charge is 0 e. The van der Waals surface area contributed by atoms with Crippen LogP contribution in [0.5, 0.6) is 0 Å². The van der Waals surface area contributed by atoms with Gasteiger partial charge >= 0.3 is 0 Å². The number of hydrogen-bond donors (Lipinski definition) is 1. The third kappa shape index (κ3) is 88.6. The molecule has 0 amide bonds. The van der Waals surface area contributed by atoms with Crippen molar-refractivity contribution in [1.29, 1.82) is 0 Å². The molecule has 64 valence electrons. The van der Waals surface area contributed by atoms with E-state index in [2.05, 4.69) is 49.5 Å². The van der Waals surface area contributed by atoms with Crippen LogP contribution >= 0.6 is 37.2 Å². The Hall–Kier alpha value is 1.42. The molecule has 9 heavy (non-hydrogen) atoms. The molecule has 0 spiro atoms. The molecule has 0 bridgehead atoms. The summed E-state index contributed by atoms with van der Waals surface area (Å²) in [6.07, 6.45) is 0. The molecule has 0 aromatic rings. The third-order valence-electron chi connectivity index (χ3n) is 0.354. The van der Waals surface area contributed by atoms with Gasteiger partial charge in [0, 0.05) is 37.2 Å². The lowest BCUT2D eigenvalue weighted by atomic mass is 10.8. The number of nitrogens with one attached hydrogen (secondary N) is 1. The summed E-state index contributed by atoms with van der Waals surface area (Å²) in [5.74, 6) is 0. The van der Waals surface area contributed by atoms with Crippen molar-refractivity contribution in [2.24, 2.45) is 0 Å². The average Bonchev–Trinajstić information content (AvgIpc) is 1.72. The standard InChI is InChI=1S/C3H9N.3CH4.I2/c1-3-4-2;;;;1-2/h4H,3H2,1-2H3;3*1H4;. The van der Waals surface area contributed by atoms with Crippen molar-refractivity contribution in [3.63, 3.8) is 0 Å². The van der Waals surface area contributed by atoms with Gasteiger partial charge in [0.25, 0.3) is 0 Å². The Morgan fingerprint density at radius 2 is 1.22 bits per heavy atom. The SMILES string of the molecule is C.C.C.CCNC.II. The lowest BCUT2D eigenvalue weighted by Gasteiger charge is -1.76. The summed E-state index contributed by atoms with van der Waals surface area (Å²) in [5, 5.41) is 2.93. The molecule has 0 fully saturated rings. The van der Waals surface area contributed by atoms with Gasteiger partial charge in [0.2, 0.25) is 0 Å². The normalized spacial score (nSPS) is 4.00. The van der Waals surface area contributed by atoms with Crippen LogP contribution in [0.4, 0.5) is 0 Å². The molecule has 0 aliphatic rings. The highest BCUT2D eigenvalue weighted by atomic mass is 128. The van der Waals surface area contributed by atoms with Gasteiger partial charge in [-0.15, -0.1) is 0 Å². The van der Waals surface area contributed by atoms with E-state index >= 15 is 0 Å². The molecule has 1 N–H and O–H groups in total. The second kappa shape index (κ2) is 57.1. The fourth-order valence-corrected chi connectivity index (χ4v) is 0. The van der Waals surface area contributed by atoms with Gasteiger partial charge in [-0.05, 0) is 13.6 Å². The lowest BCUT2D eigenvalue weighted by molar-refractivity contribution is 0.864. The molecule has 0 unspecified atom stereocenters. The summed E-state index contributed by atoms with van der Waals surface area (Å²) >= 11 is 4.24. The second-order valence-corrected chi connectivity index (χ2v) is 0.707. The first-order valence-corrected chi connectivity index (χ1v) is 7.99. The van der Waals surface area contributed by atoms with Gasteiger partial charge in [-0.2, -0.15) is 0 Å². The summed E-state index contributed by atoms with van der Waals surface area (Å²) in [6.45, 7) is 3.14. The van der Waals surface area contributed by atoms with E-state index in [1.807, 2.05) is 7.05 Å². The van der Waals surface area contributed by atoms with Crippen molar-refractivity contribution in [3.05, 3.63) is 0 Å². The summed E-state index contributed by atoms with van der Waals surface area (Å²) in [4.78, 5) is 0. The van der Waals surface area contributed by atoms with E-state index in [0.717, 1.165) is 6.54 Å². The van der Waals surface area contributed by atoms with Crippen LogP contribution in [0.15, 0.2) is 0 Å². The topological polar surface area (TPSA) is 12.0 Å².